The number of hydrogen-bond acceptors (Lipinski definition) is 2. The molecule has 0 spiro atoms. The largest absolute Gasteiger partial charge is 0.355 e. The fraction of sp³-hybridized carbons (Fsp3) is 0.579. The molecule has 2 aromatic rings. The van der Waals surface area contributed by atoms with Gasteiger partial charge in [-0.25, -0.2) is 4.98 Å². The Balaban J connectivity index is 2.06. The lowest BCUT2D eigenvalue weighted by molar-refractivity contribution is -0.123. The second kappa shape index (κ2) is 8.70. The molecule has 23 heavy (non-hydrogen) atoms. The molecule has 2 rings (SSSR count). The Hall–Kier alpha value is -1.84. The molecule has 0 fully saturated rings. The molecule has 126 valence electrons. The summed E-state index contributed by atoms with van der Waals surface area (Å²) in [5.41, 5.74) is 2.25. The summed E-state index contributed by atoms with van der Waals surface area (Å²) in [7, 11) is 0. The quantitative estimate of drug-likeness (QED) is 0.713. The number of imidazole rings is 1. The van der Waals surface area contributed by atoms with E-state index in [4.69, 9.17) is 4.98 Å². The minimum Gasteiger partial charge on any atom is -0.355 e. The first-order chi connectivity index (χ1) is 11.1. The summed E-state index contributed by atoms with van der Waals surface area (Å²) < 4.78 is 2.33. The van der Waals surface area contributed by atoms with Gasteiger partial charge in [0.15, 0.2) is 0 Å². The van der Waals surface area contributed by atoms with E-state index in [9.17, 15) is 4.79 Å². The molecule has 0 aliphatic heterocycles. The molecule has 1 N–H and O–H groups in total. The number of carbonyl (C=O) groups is 1. The van der Waals surface area contributed by atoms with Gasteiger partial charge in [-0.3, -0.25) is 4.79 Å². The molecule has 1 heterocycles. The third-order valence-corrected chi connectivity index (χ3v) is 4.14. The van der Waals surface area contributed by atoms with E-state index in [-0.39, 0.29) is 11.8 Å². The van der Waals surface area contributed by atoms with Gasteiger partial charge in [0.2, 0.25) is 5.91 Å². The molecule has 4 heteroatoms. The normalized spacial score (nSPS) is 11.3. The number of rotatable bonds is 9. The van der Waals surface area contributed by atoms with Crippen LogP contribution >= 0.6 is 0 Å². The van der Waals surface area contributed by atoms with Crippen LogP contribution in [0.15, 0.2) is 24.3 Å². The van der Waals surface area contributed by atoms with Gasteiger partial charge < -0.3 is 9.88 Å². The summed E-state index contributed by atoms with van der Waals surface area (Å²) in [6, 6.07) is 8.30. The average molecular weight is 315 g/mol. The van der Waals surface area contributed by atoms with Gasteiger partial charge in [0, 0.05) is 25.4 Å². The molecular weight excluding hydrogens is 286 g/mol. The van der Waals surface area contributed by atoms with Crippen molar-refractivity contribution >= 4 is 16.9 Å². The monoisotopic (exact) mass is 315 g/mol. The highest BCUT2D eigenvalue weighted by molar-refractivity contribution is 5.78. The highest BCUT2D eigenvalue weighted by Gasteiger charge is 2.11. The maximum absolute atomic E-state index is 11.7. The van der Waals surface area contributed by atoms with E-state index in [1.807, 2.05) is 19.9 Å². The predicted molar refractivity (Wildman–Crippen MR) is 95.4 cm³/mol. The molecule has 1 aromatic carbocycles. The number of benzene rings is 1. The van der Waals surface area contributed by atoms with Crippen molar-refractivity contribution in [2.75, 3.05) is 6.54 Å². The molecule has 0 aliphatic rings. The Kier molecular flexibility index (Phi) is 6.63. The third-order valence-electron chi connectivity index (χ3n) is 4.14. The van der Waals surface area contributed by atoms with E-state index in [1.165, 1.54) is 31.2 Å². The number of aryl methyl sites for hydroxylation is 1. The van der Waals surface area contributed by atoms with Crippen molar-refractivity contribution in [3.63, 3.8) is 0 Å². The molecule has 1 amide bonds. The van der Waals surface area contributed by atoms with E-state index in [1.54, 1.807) is 0 Å². The van der Waals surface area contributed by atoms with Gasteiger partial charge in [-0.1, -0.05) is 52.2 Å². The smallest absolute Gasteiger partial charge is 0.222 e. The van der Waals surface area contributed by atoms with Crippen molar-refractivity contribution in [2.45, 2.75) is 59.4 Å². The molecule has 0 bridgehead atoms. The van der Waals surface area contributed by atoms with Crippen molar-refractivity contribution in [2.24, 2.45) is 5.92 Å². The summed E-state index contributed by atoms with van der Waals surface area (Å²) in [4.78, 5) is 16.5. The Labute approximate surface area is 139 Å². The second-order valence-electron chi connectivity index (χ2n) is 6.42. The number of amides is 1. The summed E-state index contributed by atoms with van der Waals surface area (Å²) in [6.45, 7) is 7.72. The van der Waals surface area contributed by atoms with Crippen LogP contribution < -0.4 is 5.32 Å². The van der Waals surface area contributed by atoms with E-state index in [0.717, 1.165) is 24.3 Å². The van der Waals surface area contributed by atoms with Crippen LogP contribution in [0.25, 0.3) is 11.0 Å². The summed E-state index contributed by atoms with van der Waals surface area (Å²) in [5.74, 6) is 1.21. The van der Waals surface area contributed by atoms with Gasteiger partial charge in [0.1, 0.15) is 5.82 Å². The first-order valence-electron chi connectivity index (χ1n) is 8.85. The van der Waals surface area contributed by atoms with Crippen LogP contribution in [0.4, 0.5) is 0 Å². The van der Waals surface area contributed by atoms with Gasteiger partial charge >= 0.3 is 0 Å². The Morgan fingerprint density at radius 3 is 2.74 bits per heavy atom. The van der Waals surface area contributed by atoms with Gasteiger partial charge in [-0.05, 0) is 18.6 Å². The minimum atomic E-state index is 0.0304. The lowest BCUT2D eigenvalue weighted by Crippen LogP contribution is -2.30. The fourth-order valence-electron chi connectivity index (χ4n) is 2.76. The molecule has 0 saturated carbocycles. The first kappa shape index (κ1) is 17.5. The number of nitrogens with zero attached hydrogens (tertiary/aromatic N) is 2. The SMILES string of the molecule is CCCCCCn1c(CCNC(=O)C(C)C)nc2ccccc21. The zero-order valence-electron chi connectivity index (χ0n) is 14.6. The number of aromatic nitrogens is 2. The fourth-order valence-corrected chi connectivity index (χ4v) is 2.76. The number of unbranched alkanes of at least 4 members (excludes halogenated alkanes) is 3. The zero-order chi connectivity index (χ0) is 16.7. The van der Waals surface area contributed by atoms with E-state index in [0.29, 0.717) is 6.54 Å². The molecular formula is C19H29N3O. The van der Waals surface area contributed by atoms with Crippen LogP contribution in [0.5, 0.6) is 0 Å². The first-order valence-corrected chi connectivity index (χ1v) is 8.85. The zero-order valence-corrected chi connectivity index (χ0v) is 14.6. The topological polar surface area (TPSA) is 46.9 Å². The number of para-hydroxylation sites is 2. The third kappa shape index (κ3) is 4.81. The van der Waals surface area contributed by atoms with Crippen molar-refractivity contribution in [3.8, 4) is 0 Å². The number of nitrogens with one attached hydrogen (secondary N) is 1. The minimum absolute atomic E-state index is 0.0304. The van der Waals surface area contributed by atoms with Crippen LogP contribution in [0, 0.1) is 5.92 Å². The molecule has 4 nitrogen and oxygen atoms in total. The van der Waals surface area contributed by atoms with E-state index < -0.39 is 0 Å². The summed E-state index contributed by atoms with van der Waals surface area (Å²) in [5, 5.41) is 2.99. The Morgan fingerprint density at radius 2 is 2.00 bits per heavy atom. The van der Waals surface area contributed by atoms with Crippen molar-refractivity contribution in [1.82, 2.24) is 14.9 Å². The number of carbonyl (C=O) groups excluding carboxylic acids is 1. The van der Waals surface area contributed by atoms with Crippen molar-refractivity contribution in [1.29, 1.82) is 0 Å². The number of fused-ring (bicyclic) bond motifs is 1. The molecule has 0 unspecified atom stereocenters. The maximum atomic E-state index is 11.7. The van der Waals surface area contributed by atoms with Crippen LogP contribution in [0.2, 0.25) is 0 Å². The number of hydrogen-bond donors (Lipinski definition) is 1. The second-order valence-corrected chi connectivity index (χ2v) is 6.42. The molecule has 1 aromatic heterocycles. The molecule has 0 saturated heterocycles. The van der Waals surface area contributed by atoms with Gasteiger partial charge in [0.25, 0.3) is 0 Å². The lowest BCUT2D eigenvalue weighted by Gasteiger charge is -2.10. The van der Waals surface area contributed by atoms with Gasteiger partial charge in [-0.15, -0.1) is 0 Å². The van der Waals surface area contributed by atoms with E-state index in [2.05, 4.69) is 35.0 Å². The van der Waals surface area contributed by atoms with Crippen molar-refractivity contribution < 1.29 is 4.79 Å². The standard InChI is InChI=1S/C19H29N3O/c1-4-5-6-9-14-22-17-11-8-7-10-16(17)21-18(22)12-13-20-19(23)15(2)3/h7-8,10-11,15H,4-6,9,12-14H2,1-3H3,(H,20,23). The highest BCUT2D eigenvalue weighted by atomic mass is 16.1. The predicted octanol–water partition coefficient (Wildman–Crippen LogP) is 3.93. The molecule has 0 radical (unpaired) electrons. The lowest BCUT2D eigenvalue weighted by atomic mass is 10.2. The van der Waals surface area contributed by atoms with Crippen LogP contribution in [0.1, 0.15) is 52.3 Å². The van der Waals surface area contributed by atoms with Crippen LogP contribution in [0.3, 0.4) is 0 Å². The van der Waals surface area contributed by atoms with Gasteiger partial charge in [0.05, 0.1) is 11.0 Å². The summed E-state index contributed by atoms with van der Waals surface area (Å²) >= 11 is 0. The van der Waals surface area contributed by atoms with E-state index >= 15 is 0 Å². The highest BCUT2D eigenvalue weighted by Crippen LogP contribution is 2.17. The van der Waals surface area contributed by atoms with Crippen LogP contribution in [-0.4, -0.2) is 22.0 Å². The van der Waals surface area contributed by atoms with Crippen molar-refractivity contribution in [3.05, 3.63) is 30.1 Å². The molecule has 0 atom stereocenters. The Bertz CT molecular complexity index is 631. The Morgan fingerprint density at radius 1 is 1.22 bits per heavy atom. The maximum Gasteiger partial charge on any atom is 0.222 e. The molecule has 0 aliphatic carbocycles. The van der Waals surface area contributed by atoms with Crippen LogP contribution in [-0.2, 0) is 17.8 Å². The van der Waals surface area contributed by atoms with Gasteiger partial charge in [-0.2, -0.15) is 0 Å². The average Bonchev–Trinajstić information content (AvgIpc) is 2.89. The summed E-state index contributed by atoms with van der Waals surface area (Å²) in [6.07, 6.45) is 5.75.